The van der Waals surface area contributed by atoms with Crippen molar-refractivity contribution in [3.05, 3.63) is 71.5 Å². The van der Waals surface area contributed by atoms with Crippen LogP contribution in [0.15, 0.2) is 60.2 Å². The highest BCUT2D eigenvalue weighted by Crippen LogP contribution is 2.23. The summed E-state index contributed by atoms with van der Waals surface area (Å²) in [5, 5.41) is 8.62. The van der Waals surface area contributed by atoms with Gasteiger partial charge in [0.25, 0.3) is 5.91 Å². The molecule has 1 fully saturated rings. The lowest BCUT2D eigenvalue weighted by Crippen LogP contribution is -2.45. The Morgan fingerprint density at radius 3 is 2.73 bits per heavy atom. The molecule has 1 aromatic carbocycles. The molecule has 1 unspecified atom stereocenters. The van der Waals surface area contributed by atoms with Crippen molar-refractivity contribution >= 4 is 34.0 Å². The molecule has 0 spiro atoms. The van der Waals surface area contributed by atoms with Gasteiger partial charge in [-0.25, -0.2) is 4.98 Å². The largest absolute Gasteiger partial charge is 0.352 e. The van der Waals surface area contributed by atoms with Gasteiger partial charge in [-0.05, 0) is 42.7 Å². The summed E-state index contributed by atoms with van der Waals surface area (Å²) in [5.41, 5.74) is 2.34. The highest BCUT2D eigenvalue weighted by molar-refractivity contribution is 7.14. The van der Waals surface area contributed by atoms with Gasteiger partial charge in [0.1, 0.15) is 5.69 Å². The van der Waals surface area contributed by atoms with Crippen LogP contribution in [-0.2, 0) is 11.3 Å². The number of anilines is 2. The Kier molecular flexibility index (Phi) is 6.34. The van der Waals surface area contributed by atoms with Gasteiger partial charge in [0.05, 0.1) is 5.92 Å². The maximum atomic E-state index is 12.9. The van der Waals surface area contributed by atoms with Crippen molar-refractivity contribution in [1.82, 2.24) is 20.2 Å². The molecule has 2 aromatic heterocycles. The van der Waals surface area contributed by atoms with Gasteiger partial charge in [-0.2, -0.15) is 0 Å². The van der Waals surface area contributed by atoms with E-state index in [1.54, 1.807) is 22.7 Å². The van der Waals surface area contributed by atoms with Gasteiger partial charge in [0.15, 0.2) is 5.13 Å². The molecule has 2 amide bonds. The van der Waals surface area contributed by atoms with Crippen LogP contribution in [0, 0.1) is 5.92 Å². The van der Waals surface area contributed by atoms with Crippen LogP contribution in [0.1, 0.15) is 28.9 Å². The van der Waals surface area contributed by atoms with E-state index in [1.165, 1.54) is 11.3 Å². The van der Waals surface area contributed by atoms with Crippen molar-refractivity contribution < 1.29 is 9.59 Å². The first kappa shape index (κ1) is 20.0. The fourth-order valence-electron chi connectivity index (χ4n) is 3.45. The summed E-state index contributed by atoms with van der Waals surface area (Å²) < 4.78 is 0. The van der Waals surface area contributed by atoms with E-state index in [-0.39, 0.29) is 17.7 Å². The number of likely N-dealkylation sites (tertiary alicyclic amines) is 1. The Balaban J connectivity index is 1.33. The van der Waals surface area contributed by atoms with E-state index in [4.69, 9.17) is 0 Å². The number of piperidine rings is 1. The summed E-state index contributed by atoms with van der Waals surface area (Å²) in [5.74, 6) is -0.349. The Bertz CT molecular complexity index is 993. The topological polar surface area (TPSA) is 87.2 Å². The zero-order valence-corrected chi connectivity index (χ0v) is 17.3. The number of aromatic nitrogens is 2. The zero-order chi connectivity index (χ0) is 20.8. The number of carbonyl (C=O) groups is 2. The van der Waals surface area contributed by atoms with E-state index in [1.807, 2.05) is 42.5 Å². The molecule has 0 saturated carbocycles. The van der Waals surface area contributed by atoms with Crippen LogP contribution < -0.4 is 10.6 Å². The molecule has 1 atom stereocenters. The molecule has 8 heteroatoms. The Morgan fingerprint density at radius 2 is 1.93 bits per heavy atom. The summed E-state index contributed by atoms with van der Waals surface area (Å²) in [6, 6.07) is 13.5. The Labute approximate surface area is 179 Å². The van der Waals surface area contributed by atoms with Crippen LogP contribution in [0.5, 0.6) is 0 Å². The first-order valence-corrected chi connectivity index (χ1v) is 10.8. The summed E-state index contributed by atoms with van der Waals surface area (Å²) in [7, 11) is 0. The molecule has 3 aromatic rings. The van der Waals surface area contributed by atoms with Crippen molar-refractivity contribution in [2.75, 3.05) is 18.4 Å². The van der Waals surface area contributed by atoms with E-state index in [0.717, 1.165) is 24.1 Å². The number of benzene rings is 1. The molecule has 1 saturated heterocycles. The third kappa shape index (κ3) is 5.01. The van der Waals surface area contributed by atoms with Gasteiger partial charge in [-0.1, -0.05) is 18.2 Å². The predicted molar refractivity (Wildman–Crippen MR) is 117 cm³/mol. The molecule has 3 heterocycles. The van der Waals surface area contributed by atoms with Crippen LogP contribution in [0.4, 0.5) is 10.8 Å². The summed E-state index contributed by atoms with van der Waals surface area (Å²) in [6.45, 7) is 1.53. The van der Waals surface area contributed by atoms with Crippen LogP contribution in [-0.4, -0.2) is 39.8 Å². The Hall–Kier alpha value is -3.26. The van der Waals surface area contributed by atoms with E-state index < -0.39 is 0 Å². The molecule has 154 valence electrons. The lowest BCUT2D eigenvalue weighted by Gasteiger charge is -2.31. The monoisotopic (exact) mass is 421 g/mol. The highest BCUT2D eigenvalue weighted by atomic mass is 32.1. The minimum atomic E-state index is -0.204. The second kappa shape index (κ2) is 9.49. The number of thiazole rings is 1. The molecule has 4 rings (SSSR count). The molecule has 1 aliphatic heterocycles. The van der Waals surface area contributed by atoms with Crippen LogP contribution in [0.25, 0.3) is 0 Å². The number of pyridine rings is 1. The minimum absolute atomic E-state index is 0.0194. The molecule has 1 aliphatic rings. The third-order valence-corrected chi connectivity index (χ3v) is 5.80. The maximum absolute atomic E-state index is 12.9. The first-order valence-electron chi connectivity index (χ1n) is 9.92. The number of nitrogens with zero attached hydrogens (tertiary/aromatic N) is 3. The number of nitrogens with one attached hydrogen (secondary N) is 2. The molecule has 0 radical (unpaired) electrons. The average molecular weight is 422 g/mol. The molecular weight excluding hydrogens is 398 g/mol. The second-order valence-corrected chi connectivity index (χ2v) is 8.05. The van der Waals surface area contributed by atoms with Gasteiger partial charge in [0, 0.05) is 43.1 Å². The van der Waals surface area contributed by atoms with Crippen LogP contribution in [0.3, 0.4) is 0 Å². The summed E-state index contributed by atoms with van der Waals surface area (Å²) in [4.78, 5) is 35.7. The van der Waals surface area contributed by atoms with Crippen molar-refractivity contribution in [1.29, 1.82) is 0 Å². The minimum Gasteiger partial charge on any atom is -0.352 e. The number of para-hydroxylation sites is 1. The lowest BCUT2D eigenvalue weighted by atomic mass is 9.97. The SMILES string of the molecule is O=C(NCc1ccncc1)C1CCCN(C(=O)c2csc(Nc3ccccc3)n2)C1. The van der Waals surface area contributed by atoms with E-state index >= 15 is 0 Å². The summed E-state index contributed by atoms with van der Waals surface area (Å²) >= 11 is 1.40. The van der Waals surface area contributed by atoms with Gasteiger partial charge in [0.2, 0.25) is 5.91 Å². The smallest absolute Gasteiger partial charge is 0.273 e. The predicted octanol–water partition coefficient (Wildman–Crippen LogP) is 3.45. The van der Waals surface area contributed by atoms with Crippen molar-refractivity contribution in [2.45, 2.75) is 19.4 Å². The second-order valence-electron chi connectivity index (χ2n) is 7.19. The molecule has 0 aliphatic carbocycles. The molecule has 2 N–H and O–H groups in total. The summed E-state index contributed by atoms with van der Waals surface area (Å²) in [6.07, 6.45) is 5.00. The zero-order valence-electron chi connectivity index (χ0n) is 16.5. The molecular formula is C22H23N5O2S. The number of rotatable bonds is 6. The number of hydrogen-bond acceptors (Lipinski definition) is 6. The number of carbonyl (C=O) groups excluding carboxylic acids is 2. The van der Waals surface area contributed by atoms with Gasteiger partial charge in [-0.3, -0.25) is 14.6 Å². The first-order chi connectivity index (χ1) is 14.7. The van der Waals surface area contributed by atoms with Gasteiger partial charge >= 0.3 is 0 Å². The normalized spacial score (nSPS) is 16.1. The molecule has 7 nitrogen and oxygen atoms in total. The fraction of sp³-hybridized carbons (Fsp3) is 0.273. The van der Waals surface area contributed by atoms with Crippen molar-refractivity contribution in [3.63, 3.8) is 0 Å². The lowest BCUT2D eigenvalue weighted by molar-refractivity contribution is -0.126. The highest BCUT2D eigenvalue weighted by Gasteiger charge is 2.29. The van der Waals surface area contributed by atoms with Gasteiger partial charge < -0.3 is 15.5 Å². The quantitative estimate of drug-likeness (QED) is 0.637. The molecule has 0 bridgehead atoms. The van der Waals surface area contributed by atoms with Crippen molar-refractivity contribution in [3.8, 4) is 0 Å². The fourth-order valence-corrected chi connectivity index (χ4v) is 4.15. The van der Waals surface area contributed by atoms with Gasteiger partial charge in [-0.15, -0.1) is 11.3 Å². The Morgan fingerprint density at radius 1 is 1.13 bits per heavy atom. The van der Waals surface area contributed by atoms with E-state index in [2.05, 4.69) is 20.6 Å². The number of hydrogen-bond donors (Lipinski definition) is 2. The van der Waals surface area contributed by atoms with E-state index in [0.29, 0.717) is 30.5 Å². The van der Waals surface area contributed by atoms with E-state index in [9.17, 15) is 9.59 Å². The maximum Gasteiger partial charge on any atom is 0.273 e. The average Bonchev–Trinajstić information content (AvgIpc) is 3.27. The van der Waals surface area contributed by atoms with Crippen molar-refractivity contribution in [2.24, 2.45) is 5.92 Å². The van der Waals surface area contributed by atoms with Crippen LogP contribution >= 0.6 is 11.3 Å². The third-order valence-electron chi connectivity index (χ3n) is 5.04. The standard InChI is InChI=1S/C22H23N5O2S/c28-20(24-13-16-8-10-23-11-9-16)17-5-4-12-27(14-17)21(29)19-15-30-22(26-19)25-18-6-2-1-3-7-18/h1-3,6-11,15,17H,4-5,12-14H2,(H,24,28)(H,25,26). The number of amides is 2. The molecule has 30 heavy (non-hydrogen) atoms. The van der Waals surface area contributed by atoms with Crippen LogP contribution in [0.2, 0.25) is 0 Å².